The highest BCUT2D eigenvalue weighted by molar-refractivity contribution is 6.01. The van der Waals surface area contributed by atoms with Crippen LogP contribution < -0.4 is 0 Å². The van der Waals surface area contributed by atoms with Gasteiger partial charge in [-0.15, -0.1) is 0 Å². The molecule has 0 aromatic rings. The van der Waals surface area contributed by atoms with E-state index in [1.54, 1.807) is 13.0 Å². The zero-order chi connectivity index (χ0) is 25.1. The van der Waals surface area contributed by atoms with Crippen LogP contribution in [0, 0.1) is 28.6 Å². The van der Waals surface area contributed by atoms with Crippen LogP contribution in [0.4, 0.5) is 4.39 Å². The molecule has 3 saturated carbocycles. The minimum Gasteiger partial charge on any atom is -0.450 e. The van der Waals surface area contributed by atoms with E-state index in [4.69, 9.17) is 4.74 Å². The highest BCUT2D eigenvalue weighted by Crippen LogP contribution is 2.71. The monoisotopic (exact) mass is 476 g/mol. The van der Waals surface area contributed by atoms with Gasteiger partial charge in [0.15, 0.2) is 17.1 Å². The van der Waals surface area contributed by atoms with Crippen LogP contribution in [0.25, 0.3) is 0 Å². The lowest BCUT2D eigenvalue weighted by atomic mass is 9.44. The minimum atomic E-state index is -2.03. The summed E-state index contributed by atoms with van der Waals surface area (Å²) in [7, 11) is 0. The summed E-state index contributed by atoms with van der Waals surface area (Å²) in [5, 5.41) is 21.4. The number of unbranched alkanes of at least 4 members (excludes halogenated alkanes) is 1. The predicted octanol–water partition coefficient (Wildman–Crippen LogP) is 3.64. The lowest BCUT2D eigenvalue weighted by molar-refractivity contribution is -0.228. The Morgan fingerprint density at radius 3 is 2.62 bits per heavy atom. The standard InChI is InChI=1S/C27H37FO6/c1-5-6-7-23(33)34-27(22(32)15-29)16(2)12-20-19-9-8-17-13-18(30)10-11-24(17,3)26(19,28)21(31)14-25(20,27)4/h10-11,13,16,19-21,29,31H,5-9,12,14-15H2,1-4H3/t16-,19?,20?,21-,24-,25-,26-,27-/m0/s1. The van der Waals surface area contributed by atoms with Crippen molar-refractivity contribution >= 4 is 17.5 Å². The van der Waals surface area contributed by atoms with Crippen molar-refractivity contribution in [1.29, 1.82) is 0 Å². The van der Waals surface area contributed by atoms with Gasteiger partial charge in [0.05, 0.1) is 6.10 Å². The minimum absolute atomic E-state index is 0.0769. The van der Waals surface area contributed by atoms with Crippen molar-refractivity contribution in [1.82, 2.24) is 0 Å². The number of carbonyl (C=O) groups is 3. The number of hydrogen-bond donors (Lipinski definition) is 2. The predicted molar refractivity (Wildman–Crippen MR) is 123 cm³/mol. The van der Waals surface area contributed by atoms with Crippen LogP contribution in [0.3, 0.4) is 0 Å². The van der Waals surface area contributed by atoms with Gasteiger partial charge >= 0.3 is 5.97 Å². The number of esters is 1. The SMILES string of the molecule is CCCCC(=O)O[C@]1(C(=O)CO)[C@@H](C)CC2C3CCC4=CC(=O)C=C[C@]4(C)[C@@]3(F)[C@@H](O)C[C@@]21C. The third-order valence-corrected chi connectivity index (χ3v) is 9.75. The molecular weight excluding hydrogens is 439 g/mol. The van der Waals surface area contributed by atoms with E-state index < -0.39 is 58.4 Å². The van der Waals surface area contributed by atoms with Crippen LogP contribution in [-0.2, 0) is 19.1 Å². The highest BCUT2D eigenvalue weighted by Gasteiger charge is 2.77. The molecule has 2 N–H and O–H groups in total. The quantitative estimate of drug-likeness (QED) is 0.568. The second-order valence-electron chi connectivity index (χ2n) is 11.3. The first-order valence-electron chi connectivity index (χ1n) is 12.6. The van der Waals surface area contributed by atoms with Crippen LogP contribution >= 0.6 is 0 Å². The van der Waals surface area contributed by atoms with Crippen molar-refractivity contribution < 1.29 is 33.7 Å². The Morgan fingerprint density at radius 2 is 1.97 bits per heavy atom. The molecule has 0 saturated heterocycles. The second kappa shape index (κ2) is 8.37. The average molecular weight is 477 g/mol. The first-order chi connectivity index (χ1) is 15.9. The maximum Gasteiger partial charge on any atom is 0.306 e. The van der Waals surface area contributed by atoms with E-state index in [1.165, 1.54) is 12.2 Å². The van der Waals surface area contributed by atoms with Gasteiger partial charge in [-0.2, -0.15) is 0 Å². The van der Waals surface area contributed by atoms with Crippen molar-refractivity contribution in [2.75, 3.05) is 6.61 Å². The summed E-state index contributed by atoms with van der Waals surface area (Å²) in [6.45, 7) is 6.55. The van der Waals surface area contributed by atoms with Crippen molar-refractivity contribution in [3.05, 3.63) is 23.8 Å². The van der Waals surface area contributed by atoms with Gasteiger partial charge in [-0.1, -0.05) is 38.8 Å². The molecule has 3 fully saturated rings. The smallest absolute Gasteiger partial charge is 0.306 e. The Labute approximate surface area is 200 Å². The second-order valence-corrected chi connectivity index (χ2v) is 11.3. The van der Waals surface area contributed by atoms with Crippen molar-refractivity contribution in [3.63, 3.8) is 0 Å². The zero-order valence-corrected chi connectivity index (χ0v) is 20.6. The molecule has 0 heterocycles. The van der Waals surface area contributed by atoms with Crippen molar-refractivity contribution in [2.45, 2.75) is 90.0 Å². The van der Waals surface area contributed by atoms with E-state index in [0.717, 1.165) is 6.42 Å². The molecule has 0 aromatic heterocycles. The molecule has 0 radical (unpaired) electrons. The summed E-state index contributed by atoms with van der Waals surface area (Å²) in [6, 6.07) is 0. The number of aliphatic hydroxyl groups excluding tert-OH is 2. The van der Waals surface area contributed by atoms with Crippen LogP contribution in [0.5, 0.6) is 0 Å². The Bertz CT molecular complexity index is 957. The van der Waals surface area contributed by atoms with Crippen LogP contribution in [0.1, 0.15) is 72.6 Å². The van der Waals surface area contributed by atoms with Gasteiger partial charge in [0, 0.05) is 29.1 Å². The molecule has 34 heavy (non-hydrogen) atoms. The Balaban J connectivity index is 1.80. The molecule has 0 aromatic carbocycles. The Hall–Kier alpha value is -1.86. The fourth-order valence-electron chi connectivity index (χ4n) is 8.07. The molecule has 4 rings (SSSR count). The number of ether oxygens (including phenoxy) is 1. The Morgan fingerprint density at radius 1 is 1.26 bits per heavy atom. The summed E-state index contributed by atoms with van der Waals surface area (Å²) in [5.74, 6) is -2.62. The molecule has 4 aliphatic rings. The maximum atomic E-state index is 17.3. The number of alkyl halides is 1. The molecular formula is C27H37FO6. The number of ketones is 2. The first-order valence-corrected chi connectivity index (χ1v) is 12.6. The van der Waals surface area contributed by atoms with Crippen molar-refractivity contribution in [3.8, 4) is 0 Å². The van der Waals surface area contributed by atoms with E-state index in [2.05, 4.69) is 0 Å². The molecule has 6 nitrogen and oxygen atoms in total. The fourth-order valence-corrected chi connectivity index (χ4v) is 8.07. The number of allylic oxidation sites excluding steroid dienone is 4. The average Bonchev–Trinajstić information content (AvgIpc) is 3.00. The number of aliphatic hydroxyl groups is 2. The van der Waals surface area contributed by atoms with E-state index in [0.29, 0.717) is 31.3 Å². The van der Waals surface area contributed by atoms with Crippen LogP contribution in [-0.4, -0.2) is 51.7 Å². The van der Waals surface area contributed by atoms with Gasteiger partial charge in [0.1, 0.15) is 6.61 Å². The fraction of sp³-hybridized carbons (Fsp3) is 0.741. The summed E-state index contributed by atoms with van der Waals surface area (Å²) in [4.78, 5) is 38.1. The zero-order valence-electron chi connectivity index (χ0n) is 20.6. The number of hydrogen-bond acceptors (Lipinski definition) is 6. The number of Topliss-reactive ketones (excluding diaryl/α,β-unsaturated/α-hetero) is 1. The Kier molecular flexibility index (Phi) is 6.21. The summed E-state index contributed by atoms with van der Waals surface area (Å²) in [6.07, 6.45) is 5.92. The lowest BCUT2D eigenvalue weighted by Gasteiger charge is -2.62. The molecule has 2 unspecified atom stereocenters. The lowest BCUT2D eigenvalue weighted by Crippen LogP contribution is -2.70. The van der Waals surface area contributed by atoms with Crippen molar-refractivity contribution in [2.24, 2.45) is 28.6 Å². The van der Waals surface area contributed by atoms with Gasteiger partial charge in [0.25, 0.3) is 0 Å². The molecule has 188 valence electrons. The van der Waals surface area contributed by atoms with Gasteiger partial charge < -0.3 is 14.9 Å². The van der Waals surface area contributed by atoms with Gasteiger partial charge in [-0.05, 0) is 57.1 Å². The molecule has 0 amide bonds. The molecule has 0 spiro atoms. The van der Waals surface area contributed by atoms with Gasteiger partial charge in [-0.25, -0.2) is 4.39 Å². The van der Waals surface area contributed by atoms with E-state index in [9.17, 15) is 24.6 Å². The maximum absolute atomic E-state index is 17.3. The number of halogens is 1. The first kappa shape index (κ1) is 25.2. The van der Waals surface area contributed by atoms with Gasteiger partial charge in [-0.3, -0.25) is 14.4 Å². The van der Waals surface area contributed by atoms with E-state index in [1.807, 2.05) is 20.8 Å². The molecule has 4 aliphatic carbocycles. The van der Waals surface area contributed by atoms with Crippen LogP contribution in [0.15, 0.2) is 23.8 Å². The number of fused-ring (bicyclic) bond motifs is 5. The molecule has 0 aliphatic heterocycles. The summed E-state index contributed by atoms with van der Waals surface area (Å²) >= 11 is 0. The van der Waals surface area contributed by atoms with E-state index >= 15 is 4.39 Å². The third kappa shape index (κ3) is 3.08. The topological polar surface area (TPSA) is 101 Å². The molecule has 8 atom stereocenters. The van der Waals surface area contributed by atoms with Crippen LogP contribution in [0.2, 0.25) is 0 Å². The van der Waals surface area contributed by atoms with E-state index in [-0.39, 0.29) is 24.5 Å². The largest absolute Gasteiger partial charge is 0.450 e. The summed E-state index contributed by atoms with van der Waals surface area (Å²) in [5.41, 5.74) is -5.11. The number of rotatable bonds is 6. The molecule has 7 heteroatoms. The number of carbonyl (C=O) groups excluding carboxylic acids is 3. The summed E-state index contributed by atoms with van der Waals surface area (Å²) < 4.78 is 23.3. The van der Waals surface area contributed by atoms with Gasteiger partial charge in [0.2, 0.25) is 5.78 Å². The molecule has 0 bridgehead atoms. The normalized spacial score (nSPS) is 45.1. The third-order valence-electron chi connectivity index (χ3n) is 9.75. The highest BCUT2D eigenvalue weighted by atomic mass is 19.1.